The van der Waals surface area contributed by atoms with Gasteiger partial charge in [0, 0.05) is 38.3 Å². The number of carbonyl (C=O) groups excluding carboxylic acids is 1. The second kappa shape index (κ2) is 8.09. The number of halogens is 3. The highest BCUT2D eigenvalue weighted by molar-refractivity contribution is 5.86. The summed E-state index contributed by atoms with van der Waals surface area (Å²) in [4.78, 5) is 21.5. The van der Waals surface area contributed by atoms with E-state index >= 15 is 0 Å². The zero-order valence-electron chi connectivity index (χ0n) is 17.0. The van der Waals surface area contributed by atoms with Crippen molar-refractivity contribution in [2.75, 3.05) is 24.5 Å². The van der Waals surface area contributed by atoms with Crippen molar-refractivity contribution in [2.24, 2.45) is 11.3 Å². The first kappa shape index (κ1) is 21.0. The lowest BCUT2D eigenvalue weighted by Gasteiger charge is -2.41. The monoisotopic (exact) mass is 420 g/mol. The molecule has 3 heterocycles. The van der Waals surface area contributed by atoms with E-state index in [1.807, 2.05) is 9.80 Å². The predicted molar refractivity (Wildman–Crippen MR) is 105 cm³/mol. The van der Waals surface area contributed by atoms with Crippen molar-refractivity contribution in [3.8, 4) is 6.07 Å². The molecule has 1 unspecified atom stereocenters. The summed E-state index contributed by atoms with van der Waals surface area (Å²) in [7, 11) is 0. The van der Waals surface area contributed by atoms with Crippen LogP contribution in [0.25, 0.3) is 0 Å². The number of pyridine rings is 1. The van der Waals surface area contributed by atoms with Crippen LogP contribution in [0.4, 0.5) is 19.0 Å². The summed E-state index contributed by atoms with van der Waals surface area (Å²) in [6, 6.07) is 4.98. The van der Waals surface area contributed by atoms with Gasteiger partial charge in [0.25, 0.3) is 0 Å². The van der Waals surface area contributed by atoms with Crippen LogP contribution in [0.5, 0.6) is 0 Å². The lowest BCUT2D eigenvalue weighted by atomic mass is 9.78. The molecule has 2 saturated heterocycles. The topological polar surface area (TPSA) is 60.2 Å². The molecule has 162 valence electrons. The van der Waals surface area contributed by atoms with Gasteiger partial charge < -0.3 is 9.80 Å². The smallest absolute Gasteiger partial charge is 0.356 e. The standard InChI is InChI=1S/C22H27F3N4O/c23-22(24,25)17-4-7-19(27-14-17)28-12-1-9-21(15-28)10-13-29(20(21)30)18-5-2-16(3-6-18)8-11-26/h4,7,14,16,18H,1-3,5-6,8-10,12-13,15H2. The molecule has 4 rings (SSSR count). The van der Waals surface area contributed by atoms with Gasteiger partial charge in [-0.3, -0.25) is 4.79 Å². The third-order valence-electron chi connectivity index (χ3n) is 7.16. The summed E-state index contributed by atoms with van der Waals surface area (Å²) in [5.74, 6) is 1.15. The SMILES string of the molecule is N#CCC1CCC(N2CCC3(CCCN(c4ccc(C(F)(F)F)cn4)C3)C2=O)CC1. The van der Waals surface area contributed by atoms with Crippen LogP contribution in [0.3, 0.4) is 0 Å². The number of aromatic nitrogens is 1. The number of rotatable bonds is 3. The Hall–Kier alpha value is -2.30. The van der Waals surface area contributed by atoms with Gasteiger partial charge in [0.1, 0.15) is 5.82 Å². The molecule has 0 bridgehead atoms. The predicted octanol–water partition coefficient (Wildman–Crippen LogP) is 4.39. The van der Waals surface area contributed by atoms with E-state index in [-0.39, 0.29) is 11.9 Å². The zero-order chi connectivity index (χ0) is 21.4. The normalized spacial score (nSPS) is 30.0. The second-order valence-corrected chi connectivity index (χ2v) is 8.99. The van der Waals surface area contributed by atoms with Crippen molar-refractivity contribution in [2.45, 2.75) is 63.6 Å². The Bertz CT molecular complexity index is 811. The van der Waals surface area contributed by atoms with Gasteiger partial charge in [-0.2, -0.15) is 18.4 Å². The van der Waals surface area contributed by atoms with Crippen LogP contribution in [0.1, 0.15) is 56.9 Å². The van der Waals surface area contributed by atoms with Crippen LogP contribution < -0.4 is 4.90 Å². The summed E-state index contributed by atoms with van der Waals surface area (Å²) in [6.45, 7) is 1.97. The van der Waals surface area contributed by atoms with E-state index in [1.165, 1.54) is 6.07 Å². The molecule has 0 aromatic carbocycles. The van der Waals surface area contributed by atoms with Crippen LogP contribution in [-0.4, -0.2) is 41.5 Å². The van der Waals surface area contributed by atoms with Crippen LogP contribution in [0.2, 0.25) is 0 Å². The number of hydrogen-bond donors (Lipinski definition) is 0. The van der Waals surface area contributed by atoms with Gasteiger partial charge in [-0.25, -0.2) is 4.98 Å². The molecule has 3 fully saturated rings. The Morgan fingerprint density at radius 2 is 1.93 bits per heavy atom. The Balaban J connectivity index is 1.42. The molecule has 1 atom stereocenters. The molecule has 1 spiro atoms. The molecule has 30 heavy (non-hydrogen) atoms. The maximum atomic E-state index is 13.4. The largest absolute Gasteiger partial charge is 0.417 e. The quantitative estimate of drug-likeness (QED) is 0.728. The number of alkyl halides is 3. The summed E-state index contributed by atoms with van der Waals surface area (Å²) in [5.41, 5.74) is -1.21. The van der Waals surface area contributed by atoms with E-state index in [0.717, 1.165) is 63.8 Å². The fraction of sp³-hybridized carbons (Fsp3) is 0.682. The van der Waals surface area contributed by atoms with E-state index < -0.39 is 17.2 Å². The van der Waals surface area contributed by atoms with E-state index in [2.05, 4.69) is 11.1 Å². The number of nitriles is 1. The van der Waals surface area contributed by atoms with Gasteiger partial charge in [0.05, 0.1) is 17.0 Å². The molecule has 1 aliphatic carbocycles. The molecule has 0 N–H and O–H groups in total. The van der Waals surface area contributed by atoms with Gasteiger partial charge >= 0.3 is 6.18 Å². The highest BCUT2D eigenvalue weighted by Crippen LogP contribution is 2.44. The molecule has 1 aromatic rings. The maximum absolute atomic E-state index is 13.4. The fourth-order valence-corrected chi connectivity index (χ4v) is 5.43. The highest BCUT2D eigenvalue weighted by atomic mass is 19.4. The van der Waals surface area contributed by atoms with Gasteiger partial charge in [-0.1, -0.05) is 0 Å². The van der Waals surface area contributed by atoms with Crippen molar-refractivity contribution in [1.82, 2.24) is 9.88 Å². The highest BCUT2D eigenvalue weighted by Gasteiger charge is 2.50. The zero-order valence-corrected chi connectivity index (χ0v) is 17.0. The molecule has 5 nitrogen and oxygen atoms in total. The van der Waals surface area contributed by atoms with E-state index in [1.54, 1.807) is 0 Å². The molecule has 1 saturated carbocycles. The molecule has 0 radical (unpaired) electrons. The Morgan fingerprint density at radius 1 is 1.17 bits per heavy atom. The molecule has 1 amide bonds. The number of hydrogen-bond acceptors (Lipinski definition) is 4. The van der Waals surface area contributed by atoms with Crippen LogP contribution >= 0.6 is 0 Å². The number of amides is 1. The minimum absolute atomic E-state index is 0.197. The van der Waals surface area contributed by atoms with Crippen LogP contribution in [0.15, 0.2) is 18.3 Å². The summed E-state index contributed by atoms with van der Waals surface area (Å²) < 4.78 is 38.5. The molecular weight excluding hydrogens is 393 g/mol. The summed E-state index contributed by atoms with van der Waals surface area (Å²) >= 11 is 0. The number of carbonyl (C=O) groups is 1. The van der Waals surface area contributed by atoms with E-state index in [9.17, 15) is 18.0 Å². The molecule has 8 heteroatoms. The third kappa shape index (κ3) is 3.99. The van der Waals surface area contributed by atoms with E-state index in [0.29, 0.717) is 31.2 Å². The number of piperidine rings is 1. The average molecular weight is 420 g/mol. The maximum Gasteiger partial charge on any atom is 0.417 e. The van der Waals surface area contributed by atoms with Crippen LogP contribution in [0, 0.1) is 22.7 Å². The molecule has 3 aliphatic rings. The number of anilines is 1. The van der Waals surface area contributed by atoms with Gasteiger partial charge in [0.2, 0.25) is 5.91 Å². The first-order valence-electron chi connectivity index (χ1n) is 10.8. The molecular formula is C22H27F3N4O. The van der Waals surface area contributed by atoms with Gasteiger partial charge in [-0.05, 0) is 63.0 Å². The first-order chi connectivity index (χ1) is 14.3. The van der Waals surface area contributed by atoms with Gasteiger partial charge in [-0.15, -0.1) is 0 Å². The van der Waals surface area contributed by atoms with Crippen molar-refractivity contribution in [3.63, 3.8) is 0 Å². The van der Waals surface area contributed by atoms with Gasteiger partial charge in [0.15, 0.2) is 0 Å². The fourth-order valence-electron chi connectivity index (χ4n) is 5.43. The summed E-state index contributed by atoms with van der Waals surface area (Å²) in [5, 5.41) is 8.90. The first-order valence-corrected chi connectivity index (χ1v) is 10.8. The Kier molecular flexibility index (Phi) is 5.65. The third-order valence-corrected chi connectivity index (χ3v) is 7.16. The number of nitrogens with zero attached hydrogens (tertiary/aromatic N) is 4. The second-order valence-electron chi connectivity index (χ2n) is 8.99. The van der Waals surface area contributed by atoms with Crippen molar-refractivity contribution in [3.05, 3.63) is 23.9 Å². The molecule has 2 aliphatic heterocycles. The Labute approximate surface area is 174 Å². The van der Waals surface area contributed by atoms with E-state index in [4.69, 9.17) is 5.26 Å². The van der Waals surface area contributed by atoms with Crippen molar-refractivity contribution >= 4 is 11.7 Å². The minimum atomic E-state index is -4.40. The molecule has 1 aromatic heterocycles. The number of likely N-dealkylation sites (tertiary alicyclic amines) is 1. The van der Waals surface area contributed by atoms with Crippen molar-refractivity contribution < 1.29 is 18.0 Å². The minimum Gasteiger partial charge on any atom is -0.356 e. The Morgan fingerprint density at radius 3 is 2.57 bits per heavy atom. The van der Waals surface area contributed by atoms with Crippen LogP contribution in [-0.2, 0) is 11.0 Å². The lowest BCUT2D eigenvalue weighted by Crippen LogP contribution is -2.50. The average Bonchev–Trinajstić information content (AvgIpc) is 3.04. The lowest BCUT2D eigenvalue weighted by molar-refractivity contribution is -0.139. The van der Waals surface area contributed by atoms with Crippen molar-refractivity contribution in [1.29, 1.82) is 5.26 Å². The summed E-state index contributed by atoms with van der Waals surface area (Å²) in [6.07, 6.45) is 3.42.